The second kappa shape index (κ2) is 8.18. The van der Waals surface area contributed by atoms with Crippen molar-refractivity contribution in [2.75, 3.05) is 13.2 Å². The van der Waals surface area contributed by atoms with E-state index in [1.54, 1.807) is 13.8 Å². The largest absolute Gasteiger partial charge is 0.465 e. The van der Waals surface area contributed by atoms with Gasteiger partial charge in [-0.25, -0.2) is 0 Å². The third-order valence-electron chi connectivity index (χ3n) is 4.00. The Kier molecular flexibility index (Phi) is 6.89. The zero-order chi connectivity index (χ0) is 14.3. The highest BCUT2D eigenvalue weighted by atomic mass is 16.6. The minimum atomic E-state index is -0.731. The maximum atomic E-state index is 12.1. The molecule has 19 heavy (non-hydrogen) atoms. The van der Waals surface area contributed by atoms with Crippen molar-refractivity contribution < 1.29 is 19.1 Å². The van der Waals surface area contributed by atoms with E-state index in [1.165, 1.54) is 6.42 Å². The predicted molar refractivity (Wildman–Crippen MR) is 72.5 cm³/mol. The van der Waals surface area contributed by atoms with Crippen LogP contribution in [-0.2, 0) is 19.1 Å². The van der Waals surface area contributed by atoms with Gasteiger partial charge in [-0.15, -0.1) is 0 Å². The Morgan fingerprint density at radius 3 is 2.00 bits per heavy atom. The first-order chi connectivity index (χ1) is 9.15. The molecule has 0 bridgehead atoms. The van der Waals surface area contributed by atoms with Gasteiger partial charge in [-0.2, -0.15) is 0 Å². The van der Waals surface area contributed by atoms with Crippen LogP contribution in [0.4, 0.5) is 0 Å². The average Bonchev–Trinajstić information content (AvgIpc) is 2.40. The quantitative estimate of drug-likeness (QED) is 0.550. The fourth-order valence-electron chi connectivity index (χ4n) is 3.09. The van der Waals surface area contributed by atoms with Crippen molar-refractivity contribution in [2.45, 2.75) is 52.9 Å². The molecule has 1 rings (SSSR count). The van der Waals surface area contributed by atoms with E-state index in [1.807, 2.05) is 0 Å². The summed E-state index contributed by atoms with van der Waals surface area (Å²) in [5.74, 6) is -1.05. The molecule has 0 aromatic carbocycles. The van der Waals surface area contributed by atoms with E-state index in [9.17, 15) is 9.59 Å². The molecule has 0 aromatic rings. The number of hydrogen-bond donors (Lipinski definition) is 0. The van der Waals surface area contributed by atoms with Gasteiger partial charge in [-0.1, -0.05) is 32.6 Å². The second-order valence-corrected chi connectivity index (χ2v) is 5.10. The molecule has 0 aromatic heterocycles. The van der Waals surface area contributed by atoms with Gasteiger partial charge in [0.2, 0.25) is 0 Å². The van der Waals surface area contributed by atoms with Gasteiger partial charge in [0.05, 0.1) is 13.2 Å². The lowest BCUT2D eigenvalue weighted by Crippen LogP contribution is -2.39. The normalized spacial score (nSPS) is 23.2. The van der Waals surface area contributed by atoms with Gasteiger partial charge in [0.15, 0.2) is 5.92 Å². The number of ether oxygens (including phenoxy) is 2. The molecule has 4 heteroatoms. The minimum Gasteiger partial charge on any atom is -0.465 e. The molecule has 0 radical (unpaired) electrons. The van der Waals surface area contributed by atoms with Crippen LogP contribution in [0.25, 0.3) is 0 Å². The molecule has 1 aliphatic carbocycles. The third-order valence-corrected chi connectivity index (χ3v) is 4.00. The first kappa shape index (κ1) is 16.0. The lowest BCUT2D eigenvalue weighted by molar-refractivity contribution is -0.166. The first-order valence-electron chi connectivity index (χ1n) is 7.48. The van der Waals surface area contributed by atoms with Crippen LogP contribution in [0.2, 0.25) is 0 Å². The zero-order valence-corrected chi connectivity index (χ0v) is 12.3. The molecule has 0 aliphatic heterocycles. The van der Waals surface area contributed by atoms with E-state index in [4.69, 9.17) is 9.47 Å². The van der Waals surface area contributed by atoms with Crippen LogP contribution in [0.1, 0.15) is 52.9 Å². The van der Waals surface area contributed by atoms with Gasteiger partial charge in [0, 0.05) is 0 Å². The van der Waals surface area contributed by atoms with Gasteiger partial charge in [0.25, 0.3) is 0 Å². The Hall–Kier alpha value is -1.06. The SMILES string of the molecule is CCOC(=O)C(C(=O)OCC)C1CCCCC1CC. The van der Waals surface area contributed by atoms with Crippen molar-refractivity contribution >= 4 is 11.9 Å². The molecule has 0 spiro atoms. The van der Waals surface area contributed by atoms with Crippen LogP contribution < -0.4 is 0 Å². The van der Waals surface area contributed by atoms with E-state index in [-0.39, 0.29) is 5.92 Å². The number of hydrogen-bond acceptors (Lipinski definition) is 4. The molecule has 2 atom stereocenters. The van der Waals surface area contributed by atoms with Crippen LogP contribution >= 0.6 is 0 Å². The molecule has 1 fully saturated rings. The highest BCUT2D eigenvalue weighted by Crippen LogP contribution is 2.38. The van der Waals surface area contributed by atoms with Crippen LogP contribution in [0.5, 0.6) is 0 Å². The fourth-order valence-corrected chi connectivity index (χ4v) is 3.09. The summed E-state index contributed by atoms with van der Waals surface area (Å²) in [5, 5.41) is 0. The third kappa shape index (κ3) is 4.22. The molecule has 1 aliphatic rings. The number of carbonyl (C=O) groups is 2. The predicted octanol–water partition coefficient (Wildman–Crippen LogP) is 2.95. The molecule has 110 valence electrons. The summed E-state index contributed by atoms with van der Waals surface area (Å²) in [7, 11) is 0. The van der Waals surface area contributed by atoms with Gasteiger partial charge < -0.3 is 9.47 Å². The second-order valence-electron chi connectivity index (χ2n) is 5.10. The molecule has 0 amide bonds. The summed E-state index contributed by atoms with van der Waals surface area (Å²) in [6.07, 6.45) is 5.28. The molecular weight excluding hydrogens is 244 g/mol. The summed E-state index contributed by atoms with van der Waals surface area (Å²) < 4.78 is 10.2. The summed E-state index contributed by atoms with van der Waals surface area (Å²) in [6.45, 7) is 6.25. The lowest BCUT2D eigenvalue weighted by atomic mass is 9.71. The Morgan fingerprint density at radius 1 is 1.00 bits per heavy atom. The van der Waals surface area contributed by atoms with Crippen molar-refractivity contribution in [3.05, 3.63) is 0 Å². The van der Waals surface area contributed by atoms with Gasteiger partial charge >= 0.3 is 11.9 Å². The maximum absolute atomic E-state index is 12.1. The van der Waals surface area contributed by atoms with Crippen molar-refractivity contribution in [1.82, 2.24) is 0 Å². The van der Waals surface area contributed by atoms with Crippen molar-refractivity contribution in [2.24, 2.45) is 17.8 Å². The Bertz CT molecular complexity index is 283. The monoisotopic (exact) mass is 270 g/mol. The smallest absolute Gasteiger partial charge is 0.320 e. The van der Waals surface area contributed by atoms with Crippen LogP contribution in [0.3, 0.4) is 0 Å². The van der Waals surface area contributed by atoms with E-state index < -0.39 is 17.9 Å². The highest BCUT2D eigenvalue weighted by Gasteiger charge is 2.41. The Labute approximate surface area is 115 Å². The molecule has 4 nitrogen and oxygen atoms in total. The standard InChI is InChI=1S/C15H26O4/c1-4-11-9-7-8-10-12(11)13(14(16)18-5-2)15(17)19-6-3/h11-13H,4-10H2,1-3H3. The summed E-state index contributed by atoms with van der Waals surface area (Å²) >= 11 is 0. The van der Waals surface area contributed by atoms with Gasteiger partial charge in [-0.3, -0.25) is 9.59 Å². The molecule has 1 saturated carbocycles. The van der Waals surface area contributed by atoms with E-state index in [0.29, 0.717) is 19.1 Å². The summed E-state index contributed by atoms with van der Waals surface area (Å²) in [4.78, 5) is 24.2. The van der Waals surface area contributed by atoms with E-state index >= 15 is 0 Å². The zero-order valence-electron chi connectivity index (χ0n) is 12.3. The highest BCUT2D eigenvalue weighted by molar-refractivity contribution is 5.95. The average molecular weight is 270 g/mol. The van der Waals surface area contributed by atoms with E-state index in [0.717, 1.165) is 25.7 Å². The minimum absolute atomic E-state index is 0.0804. The molecule has 0 saturated heterocycles. The molecule has 0 N–H and O–H groups in total. The van der Waals surface area contributed by atoms with Crippen molar-refractivity contribution in [3.8, 4) is 0 Å². The topological polar surface area (TPSA) is 52.6 Å². The van der Waals surface area contributed by atoms with Crippen molar-refractivity contribution in [1.29, 1.82) is 0 Å². The van der Waals surface area contributed by atoms with Crippen LogP contribution in [0, 0.1) is 17.8 Å². The number of carbonyl (C=O) groups excluding carboxylic acids is 2. The molecule has 2 unspecified atom stereocenters. The summed E-state index contributed by atoms with van der Waals surface area (Å²) in [6, 6.07) is 0. The number of rotatable bonds is 6. The lowest BCUT2D eigenvalue weighted by Gasteiger charge is -2.34. The van der Waals surface area contributed by atoms with Crippen molar-refractivity contribution in [3.63, 3.8) is 0 Å². The first-order valence-corrected chi connectivity index (χ1v) is 7.48. The Morgan fingerprint density at radius 2 is 1.53 bits per heavy atom. The molecular formula is C15H26O4. The number of esters is 2. The van der Waals surface area contributed by atoms with Crippen LogP contribution in [-0.4, -0.2) is 25.2 Å². The summed E-state index contributed by atoms with van der Waals surface area (Å²) in [5.41, 5.74) is 0. The van der Waals surface area contributed by atoms with Gasteiger partial charge in [0.1, 0.15) is 0 Å². The fraction of sp³-hybridized carbons (Fsp3) is 0.867. The van der Waals surface area contributed by atoms with Gasteiger partial charge in [-0.05, 0) is 32.1 Å². The molecule has 0 heterocycles. The Balaban J connectivity index is 2.86. The van der Waals surface area contributed by atoms with Crippen LogP contribution in [0.15, 0.2) is 0 Å². The van der Waals surface area contributed by atoms with E-state index in [2.05, 4.69) is 6.92 Å². The maximum Gasteiger partial charge on any atom is 0.320 e.